The highest BCUT2D eigenvalue weighted by molar-refractivity contribution is 5.89. The summed E-state index contributed by atoms with van der Waals surface area (Å²) in [6.07, 6.45) is -9.77. The number of benzene rings is 1. The van der Waals surface area contributed by atoms with Crippen LogP contribution < -0.4 is 4.74 Å². The summed E-state index contributed by atoms with van der Waals surface area (Å²) in [5.41, 5.74) is -4.66. The van der Waals surface area contributed by atoms with Crippen LogP contribution in [0, 0.1) is 11.3 Å². The van der Waals surface area contributed by atoms with Gasteiger partial charge in [-0.2, -0.15) is 31.6 Å². The number of nitrogens with zero attached hydrogens (tertiary/aromatic N) is 2. The van der Waals surface area contributed by atoms with Gasteiger partial charge < -0.3 is 9.84 Å². The first-order chi connectivity index (χ1) is 12.4. The maximum Gasteiger partial charge on any atom is 0.434 e. The summed E-state index contributed by atoms with van der Waals surface area (Å²) >= 11 is 0. The van der Waals surface area contributed by atoms with Crippen LogP contribution in [-0.2, 0) is 19.0 Å². The van der Waals surface area contributed by atoms with Gasteiger partial charge in [0.2, 0.25) is 5.88 Å². The molecule has 0 aliphatic carbocycles. The van der Waals surface area contributed by atoms with Gasteiger partial charge in [0.25, 0.3) is 0 Å². The van der Waals surface area contributed by atoms with E-state index in [9.17, 15) is 31.1 Å². The molecular weight excluding hydrogens is 382 g/mol. The molecule has 1 N–H and O–H groups in total. The van der Waals surface area contributed by atoms with E-state index in [1.54, 1.807) is 0 Å². The monoisotopic (exact) mass is 390 g/mol. The fourth-order valence-electron chi connectivity index (χ4n) is 2.05. The number of carboxylic acid groups (broad SMARTS) is 1. The maximum absolute atomic E-state index is 13.0. The van der Waals surface area contributed by atoms with E-state index in [0.29, 0.717) is 6.07 Å². The van der Waals surface area contributed by atoms with Crippen molar-refractivity contribution >= 4 is 5.97 Å². The third kappa shape index (κ3) is 4.66. The number of ether oxygens (including phenoxy) is 1. The first kappa shape index (κ1) is 20.0. The Morgan fingerprint density at radius 2 is 1.81 bits per heavy atom. The smallest absolute Gasteiger partial charge is 0.434 e. The molecule has 2 aromatic rings. The van der Waals surface area contributed by atoms with Crippen molar-refractivity contribution in [1.82, 2.24) is 4.98 Å². The number of aromatic carboxylic acids is 1. The molecule has 0 unspecified atom stereocenters. The van der Waals surface area contributed by atoms with Gasteiger partial charge in [0.15, 0.2) is 5.69 Å². The van der Waals surface area contributed by atoms with Crippen molar-refractivity contribution in [2.75, 3.05) is 0 Å². The quantitative estimate of drug-likeness (QED) is 0.789. The summed E-state index contributed by atoms with van der Waals surface area (Å²) in [6.45, 7) is -0.616. The molecule has 142 valence electrons. The molecule has 0 bridgehead atoms. The highest BCUT2D eigenvalue weighted by Crippen LogP contribution is 2.34. The average molecular weight is 390 g/mol. The number of alkyl halides is 6. The number of pyridine rings is 1. The Labute approximate surface area is 147 Å². The standard InChI is InChI=1S/C16H8F6N2O3/c17-15(18,19)10-3-1-2-8(4-10)7-27-13-9(6-23)5-11(14(25)26)12(24-13)16(20,21)22/h1-5H,7H2,(H,25,26). The second kappa shape index (κ2) is 7.14. The molecule has 0 atom stereocenters. The van der Waals surface area contributed by atoms with Gasteiger partial charge in [-0.05, 0) is 23.8 Å². The lowest BCUT2D eigenvalue weighted by atomic mass is 10.1. The fourth-order valence-corrected chi connectivity index (χ4v) is 2.05. The highest BCUT2D eigenvalue weighted by atomic mass is 19.4. The van der Waals surface area contributed by atoms with E-state index >= 15 is 0 Å². The van der Waals surface area contributed by atoms with Crippen LogP contribution in [0.4, 0.5) is 26.3 Å². The van der Waals surface area contributed by atoms with Gasteiger partial charge in [0, 0.05) is 0 Å². The summed E-state index contributed by atoms with van der Waals surface area (Å²) in [6, 6.07) is 5.72. The van der Waals surface area contributed by atoms with E-state index in [-0.39, 0.29) is 5.56 Å². The number of hydrogen-bond donors (Lipinski definition) is 1. The molecular formula is C16H8F6N2O3. The number of hydrogen-bond acceptors (Lipinski definition) is 4. The first-order valence-corrected chi connectivity index (χ1v) is 6.98. The Morgan fingerprint density at radius 3 is 2.33 bits per heavy atom. The normalized spacial score (nSPS) is 11.7. The number of halogens is 6. The van der Waals surface area contributed by atoms with Crippen molar-refractivity contribution < 1.29 is 41.0 Å². The zero-order valence-electron chi connectivity index (χ0n) is 13.0. The van der Waals surface area contributed by atoms with E-state index in [4.69, 9.17) is 15.1 Å². The molecule has 0 radical (unpaired) electrons. The third-order valence-electron chi connectivity index (χ3n) is 3.24. The number of carbonyl (C=O) groups is 1. The van der Waals surface area contributed by atoms with Gasteiger partial charge in [-0.25, -0.2) is 9.78 Å². The number of carboxylic acids is 1. The van der Waals surface area contributed by atoms with Gasteiger partial charge in [0.1, 0.15) is 18.2 Å². The van der Waals surface area contributed by atoms with Crippen LogP contribution in [-0.4, -0.2) is 16.1 Å². The first-order valence-electron chi connectivity index (χ1n) is 6.98. The Kier molecular flexibility index (Phi) is 5.30. The molecule has 0 fully saturated rings. The number of aromatic nitrogens is 1. The van der Waals surface area contributed by atoms with Gasteiger partial charge in [0.05, 0.1) is 11.1 Å². The van der Waals surface area contributed by atoms with Crippen LogP contribution in [0.2, 0.25) is 0 Å². The minimum atomic E-state index is -5.14. The third-order valence-corrected chi connectivity index (χ3v) is 3.24. The Hall–Kier alpha value is -3.29. The second-order valence-corrected chi connectivity index (χ2v) is 5.14. The van der Waals surface area contributed by atoms with E-state index < -0.39 is 53.2 Å². The van der Waals surface area contributed by atoms with E-state index in [0.717, 1.165) is 18.2 Å². The summed E-state index contributed by atoms with van der Waals surface area (Å²) < 4.78 is 81.9. The Morgan fingerprint density at radius 1 is 1.15 bits per heavy atom. The summed E-state index contributed by atoms with van der Waals surface area (Å²) in [5.74, 6) is -2.79. The molecule has 0 spiro atoms. The molecule has 1 heterocycles. The zero-order chi connectivity index (χ0) is 20.4. The molecule has 0 amide bonds. The highest BCUT2D eigenvalue weighted by Gasteiger charge is 2.39. The van der Waals surface area contributed by atoms with Gasteiger partial charge >= 0.3 is 18.3 Å². The lowest BCUT2D eigenvalue weighted by Crippen LogP contribution is -2.17. The van der Waals surface area contributed by atoms with Crippen LogP contribution in [0.3, 0.4) is 0 Å². The van der Waals surface area contributed by atoms with E-state index in [1.165, 1.54) is 12.1 Å². The van der Waals surface area contributed by atoms with Crippen molar-refractivity contribution in [2.24, 2.45) is 0 Å². The van der Waals surface area contributed by atoms with Gasteiger partial charge in [-0.3, -0.25) is 0 Å². The van der Waals surface area contributed by atoms with Crippen LogP contribution in [0.25, 0.3) is 0 Å². The molecule has 0 saturated heterocycles. The lowest BCUT2D eigenvalue weighted by molar-refractivity contribution is -0.142. The van der Waals surface area contributed by atoms with Crippen molar-refractivity contribution in [1.29, 1.82) is 5.26 Å². The van der Waals surface area contributed by atoms with Crippen LogP contribution in [0.15, 0.2) is 30.3 Å². The predicted octanol–water partition coefficient (Wildman–Crippen LogP) is 4.27. The van der Waals surface area contributed by atoms with Gasteiger partial charge in [-0.1, -0.05) is 12.1 Å². The fraction of sp³-hybridized carbons (Fsp3) is 0.188. The number of nitriles is 1. The average Bonchev–Trinajstić information content (AvgIpc) is 2.57. The SMILES string of the molecule is N#Cc1cc(C(=O)O)c(C(F)(F)F)nc1OCc1cccc(C(F)(F)F)c1. The van der Waals surface area contributed by atoms with Gasteiger partial charge in [-0.15, -0.1) is 0 Å². The molecule has 11 heteroatoms. The molecule has 0 aliphatic rings. The predicted molar refractivity (Wildman–Crippen MR) is 76.7 cm³/mol. The summed E-state index contributed by atoms with van der Waals surface area (Å²) in [5, 5.41) is 17.8. The zero-order valence-corrected chi connectivity index (χ0v) is 13.0. The van der Waals surface area contributed by atoms with Crippen molar-refractivity contribution in [3.8, 4) is 11.9 Å². The molecule has 27 heavy (non-hydrogen) atoms. The Bertz CT molecular complexity index is 916. The minimum absolute atomic E-state index is 0.0358. The molecule has 0 saturated carbocycles. The molecule has 2 rings (SSSR count). The topological polar surface area (TPSA) is 83.2 Å². The van der Waals surface area contributed by atoms with Crippen LogP contribution in [0.1, 0.15) is 32.7 Å². The maximum atomic E-state index is 13.0. The number of rotatable bonds is 4. The van der Waals surface area contributed by atoms with Crippen molar-refractivity contribution in [3.05, 3.63) is 58.3 Å². The summed E-state index contributed by atoms with van der Waals surface area (Å²) in [4.78, 5) is 14.0. The van der Waals surface area contributed by atoms with Crippen molar-refractivity contribution in [3.63, 3.8) is 0 Å². The molecule has 1 aromatic heterocycles. The lowest BCUT2D eigenvalue weighted by Gasteiger charge is -2.14. The Balaban J connectivity index is 2.39. The van der Waals surface area contributed by atoms with Crippen LogP contribution >= 0.6 is 0 Å². The molecule has 5 nitrogen and oxygen atoms in total. The largest absolute Gasteiger partial charge is 0.478 e. The van der Waals surface area contributed by atoms with Crippen molar-refractivity contribution in [2.45, 2.75) is 19.0 Å². The minimum Gasteiger partial charge on any atom is -0.478 e. The summed E-state index contributed by atoms with van der Waals surface area (Å²) in [7, 11) is 0. The second-order valence-electron chi connectivity index (χ2n) is 5.14. The molecule has 0 aliphatic heterocycles. The molecule has 1 aromatic carbocycles. The van der Waals surface area contributed by atoms with E-state index in [1.807, 2.05) is 0 Å². The van der Waals surface area contributed by atoms with E-state index in [2.05, 4.69) is 4.98 Å². The van der Waals surface area contributed by atoms with Crippen LogP contribution in [0.5, 0.6) is 5.88 Å².